The number of hydrogen-bond donors (Lipinski definition) is 5. The summed E-state index contributed by atoms with van der Waals surface area (Å²) in [7, 11) is 0. The summed E-state index contributed by atoms with van der Waals surface area (Å²) in [5.74, 6) is -2.73. The van der Waals surface area contributed by atoms with Crippen LogP contribution in [0.15, 0.2) is 60.7 Å². The predicted octanol–water partition coefficient (Wildman–Crippen LogP) is 1.52. The second-order valence-electron chi connectivity index (χ2n) is 11.7. The zero-order valence-corrected chi connectivity index (χ0v) is 26.6. The maximum absolute atomic E-state index is 13.6. The molecule has 13 heteroatoms. The maximum atomic E-state index is 13.6. The molecular formula is C31H40BrN5O7. The molecule has 0 unspecified atom stereocenters. The highest BCUT2D eigenvalue weighted by atomic mass is 79.9. The first-order valence-electron chi connectivity index (χ1n) is 14.3. The van der Waals surface area contributed by atoms with Crippen LogP contribution in [0.1, 0.15) is 44.7 Å². The van der Waals surface area contributed by atoms with E-state index in [4.69, 9.17) is 10.5 Å². The van der Waals surface area contributed by atoms with Gasteiger partial charge in [0.15, 0.2) is 6.10 Å². The predicted molar refractivity (Wildman–Crippen MR) is 166 cm³/mol. The molecule has 0 spiro atoms. The Morgan fingerprint density at radius 3 is 2.20 bits per heavy atom. The fourth-order valence-corrected chi connectivity index (χ4v) is 5.35. The van der Waals surface area contributed by atoms with Crippen molar-refractivity contribution in [3.63, 3.8) is 0 Å². The molecule has 1 saturated heterocycles. The number of nitrogens with two attached hydrogens (primary N) is 1. The Morgan fingerprint density at radius 1 is 1.02 bits per heavy atom. The molecule has 0 aliphatic carbocycles. The van der Waals surface area contributed by atoms with E-state index in [1.54, 1.807) is 54.6 Å². The molecule has 6 N–H and O–H groups in total. The number of halogens is 1. The number of imide groups is 1. The number of aliphatic hydroxyl groups is 1. The first-order chi connectivity index (χ1) is 20.7. The van der Waals surface area contributed by atoms with Crippen molar-refractivity contribution in [1.82, 2.24) is 20.9 Å². The number of ether oxygens (including phenoxy) is 1. The second-order valence-corrected chi connectivity index (χ2v) is 13.0. The number of carbonyl (C=O) groups excluding carboxylic acids is 5. The van der Waals surface area contributed by atoms with Crippen molar-refractivity contribution >= 4 is 45.7 Å². The molecule has 0 bridgehead atoms. The summed E-state index contributed by atoms with van der Waals surface area (Å²) in [5.41, 5.74) is 6.90. The SMILES string of the molecule is CC(C)(C)NC(=O)[C@@H]1C[C@H](Br)CN1C(=O)[C@@H](O)[C@H](Cc1ccccc1)NC(=O)[C@@H](N)CC(=O)NC(=O)OCc1ccccc1. The van der Waals surface area contributed by atoms with Gasteiger partial charge < -0.3 is 31.1 Å². The molecule has 1 heterocycles. The van der Waals surface area contributed by atoms with Gasteiger partial charge in [0.05, 0.1) is 18.5 Å². The summed E-state index contributed by atoms with van der Waals surface area (Å²) in [6.45, 7) is 5.62. The van der Waals surface area contributed by atoms with E-state index in [2.05, 4.69) is 26.6 Å². The fourth-order valence-electron chi connectivity index (χ4n) is 4.69. The van der Waals surface area contributed by atoms with Crippen molar-refractivity contribution in [2.45, 2.75) is 81.2 Å². The summed E-state index contributed by atoms with van der Waals surface area (Å²) in [6.07, 6.45) is -2.86. The number of hydrogen-bond acceptors (Lipinski definition) is 8. The molecule has 1 fully saturated rings. The highest BCUT2D eigenvalue weighted by Gasteiger charge is 2.43. The van der Waals surface area contributed by atoms with Gasteiger partial charge in [-0.15, -0.1) is 0 Å². The number of benzene rings is 2. The minimum Gasteiger partial charge on any atom is -0.444 e. The Kier molecular flexibility index (Phi) is 12.4. The van der Waals surface area contributed by atoms with Crippen molar-refractivity contribution in [2.24, 2.45) is 5.73 Å². The molecule has 238 valence electrons. The molecule has 44 heavy (non-hydrogen) atoms. The molecule has 2 aromatic rings. The van der Waals surface area contributed by atoms with Crippen LogP contribution < -0.4 is 21.7 Å². The van der Waals surface area contributed by atoms with Crippen LogP contribution in [-0.4, -0.2) is 80.9 Å². The Morgan fingerprint density at radius 2 is 1.61 bits per heavy atom. The molecule has 12 nitrogen and oxygen atoms in total. The van der Waals surface area contributed by atoms with E-state index in [1.807, 2.05) is 32.2 Å². The smallest absolute Gasteiger partial charge is 0.414 e. The summed E-state index contributed by atoms with van der Waals surface area (Å²) in [5, 5.41) is 18.8. The van der Waals surface area contributed by atoms with E-state index in [1.165, 1.54) is 4.90 Å². The van der Waals surface area contributed by atoms with E-state index in [-0.39, 0.29) is 30.3 Å². The van der Waals surface area contributed by atoms with Crippen molar-refractivity contribution in [2.75, 3.05) is 6.54 Å². The van der Waals surface area contributed by atoms with Gasteiger partial charge in [0.1, 0.15) is 12.6 Å². The standard InChI is InChI=1S/C31H40BrN5O7/c1-31(2,3)36-28(41)24-15-21(32)17-37(24)29(42)26(39)23(14-19-10-6-4-7-11-19)34-27(40)22(33)16-25(38)35-30(43)44-18-20-12-8-5-9-13-20/h4-13,21-24,26,39H,14-18,33H2,1-3H3,(H,34,40)(H,36,41)(H,35,38,43)/t21-,22-,23-,24-,26-/m0/s1. The van der Waals surface area contributed by atoms with Crippen LogP contribution in [0.3, 0.4) is 0 Å². The highest BCUT2D eigenvalue weighted by molar-refractivity contribution is 9.09. The Balaban J connectivity index is 1.65. The molecule has 3 rings (SSSR count). The van der Waals surface area contributed by atoms with Gasteiger partial charge in [-0.3, -0.25) is 24.5 Å². The van der Waals surface area contributed by atoms with Gasteiger partial charge in [0.2, 0.25) is 17.7 Å². The number of likely N-dealkylation sites (tertiary alicyclic amines) is 1. The number of rotatable bonds is 11. The minimum atomic E-state index is -1.73. The van der Waals surface area contributed by atoms with Crippen LogP contribution in [0.5, 0.6) is 0 Å². The number of alkyl halides is 1. The Hall–Kier alpha value is -3.81. The number of alkyl carbamates (subject to hydrolysis) is 1. The normalized spacial score (nSPS) is 18.5. The fraction of sp³-hybridized carbons (Fsp3) is 0.452. The van der Waals surface area contributed by atoms with Crippen LogP contribution in [-0.2, 0) is 36.9 Å². The maximum Gasteiger partial charge on any atom is 0.414 e. The lowest BCUT2D eigenvalue weighted by Crippen LogP contribution is -2.58. The van der Waals surface area contributed by atoms with Crippen LogP contribution in [0.2, 0.25) is 0 Å². The lowest BCUT2D eigenvalue weighted by Gasteiger charge is -2.32. The molecule has 1 aliphatic heterocycles. The third-order valence-corrected chi connectivity index (χ3v) is 7.45. The molecule has 0 radical (unpaired) electrons. The van der Waals surface area contributed by atoms with Crippen molar-refractivity contribution in [3.8, 4) is 0 Å². The summed E-state index contributed by atoms with van der Waals surface area (Å²) >= 11 is 3.48. The third kappa shape index (κ3) is 10.7. The van der Waals surface area contributed by atoms with Crippen LogP contribution in [0, 0.1) is 0 Å². The van der Waals surface area contributed by atoms with Crippen LogP contribution in [0.25, 0.3) is 0 Å². The third-order valence-electron chi connectivity index (χ3n) is 6.79. The molecule has 5 amide bonds. The molecule has 2 aromatic carbocycles. The van der Waals surface area contributed by atoms with E-state index in [9.17, 15) is 29.1 Å². The van der Waals surface area contributed by atoms with E-state index in [0.717, 1.165) is 11.1 Å². The van der Waals surface area contributed by atoms with Gasteiger partial charge >= 0.3 is 6.09 Å². The molecule has 1 aliphatic rings. The number of nitrogens with zero attached hydrogens (tertiary/aromatic N) is 1. The lowest BCUT2D eigenvalue weighted by atomic mass is 9.99. The van der Waals surface area contributed by atoms with E-state index in [0.29, 0.717) is 6.42 Å². The number of nitrogens with one attached hydrogen (secondary N) is 3. The van der Waals surface area contributed by atoms with Crippen LogP contribution >= 0.6 is 15.9 Å². The quantitative estimate of drug-likeness (QED) is 0.223. The van der Waals surface area contributed by atoms with Crippen molar-refractivity contribution < 1.29 is 33.8 Å². The van der Waals surface area contributed by atoms with Crippen molar-refractivity contribution in [1.29, 1.82) is 0 Å². The first-order valence-corrected chi connectivity index (χ1v) is 15.2. The molecule has 5 atom stereocenters. The zero-order chi connectivity index (χ0) is 32.4. The van der Waals surface area contributed by atoms with Gasteiger partial charge in [-0.25, -0.2) is 4.79 Å². The molecule has 0 aromatic heterocycles. The number of amides is 5. The average molecular weight is 675 g/mol. The topological polar surface area (TPSA) is 180 Å². The molecule has 0 saturated carbocycles. The van der Waals surface area contributed by atoms with Crippen molar-refractivity contribution in [3.05, 3.63) is 71.8 Å². The average Bonchev–Trinajstić information content (AvgIpc) is 3.36. The van der Waals surface area contributed by atoms with E-state index < -0.39 is 60.0 Å². The second kappa shape index (κ2) is 15.8. The summed E-state index contributed by atoms with van der Waals surface area (Å²) in [4.78, 5) is 65.2. The minimum absolute atomic E-state index is 0.0505. The van der Waals surface area contributed by atoms with Gasteiger partial charge in [-0.1, -0.05) is 76.6 Å². The zero-order valence-electron chi connectivity index (χ0n) is 25.0. The monoisotopic (exact) mass is 673 g/mol. The molecular weight excluding hydrogens is 634 g/mol. The summed E-state index contributed by atoms with van der Waals surface area (Å²) in [6, 6.07) is 14.4. The number of carbonyl (C=O) groups is 5. The van der Waals surface area contributed by atoms with E-state index >= 15 is 0 Å². The first kappa shape index (κ1) is 34.7. The van der Waals surface area contributed by atoms with Gasteiger partial charge in [-0.05, 0) is 44.7 Å². The van der Waals surface area contributed by atoms with Gasteiger partial charge in [0.25, 0.3) is 5.91 Å². The summed E-state index contributed by atoms with van der Waals surface area (Å²) < 4.78 is 5.02. The Labute approximate surface area is 265 Å². The highest BCUT2D eigenvalue weighted by Crippen LogP contribution is 2.26. The number of aliphatic hydroxyl groups excluding tert-OH is 1. The van der Waals surface area contributed by atoms with Crippen LogP contribution in [0.4, 0.5) is 4.79 Å². The van der Waals surface area contributed by atoms with Gasteiger partial charge in [0, 0.05) is 16.9 Å². The lowest BCUT2D eigenvalue weighted by molar-refractivity contribution is -0.147. The largest absolute Gasteiger partial charge is 0.444 e. The Bertz CT molecular complexity index is 1310. The van der Waals surface area contributed by atoms with Gasteiger partial charge in [-0.2, -0.15) is 0 Å².